The van der Waals surface area contributed by atoms with Gasteiger partial charge in [-0.15, -0.1) is 6.42 Å². The number of ether oxygens (including phenoxy) is 2. The molecule has 232 valence electrons. The van der Waals surface area contributed by atoms with Gasteiger partial charge in [-0.3, -0.25) is 4.99 Å². The van der Waals surface area contributed by atoms with Crippen molar-refractivity contribution < 1.29 is 18.7 Å². The number of hydrogen-bond acceptors (Lipinski definition) is 5. The number of nitrogens with two attached hydrogens (primary N) is 1. The molecular formula is C32H59FN4O3. The summed E-state index contributed by atoms with van der Waals surface area (Å²) in [5.74, 6) is 2.17. The summed E-state index contributed by atoms with van der Waals surface area (Å²) >= 11 is 0. The van der Waals surface area contributed by atoms with Crippen molar-refractivity contribution in [1.82, 2.24) is 5.32 Å². The number of hydrogen-bond donors (Lipinski definition) is 2. The molecule has 0 aliphatic carbocycles. The second-order valence-corrected chi connectivity index (χ2v) is 9.24. The van der Waals surface area contributed by atoms with E-state index in [0.29, 0.717) is 25.1 Å². The molecule has 7 nitrogen and oxygen atoms in total. The Hall–Kier alpha value is -2.66. The highest BCUT2D eigenvalue weighted by atomic mass is 19.1. The van der Waals surface area contributed by atoms with Gasteiger partial charge in [-0.25, -0.2) is 9.79 Å². The molecule has 0 rings (SSSR count). The number of rotatable bonds is 18. The van der Waals surface area contributed by atoms with Crippen LogP contribution in [0.4, 0.5) is 9.18 Å². The van der Waals surface area contributed by atoms with Crippen LogP contribution in [0, 0.1) is 12.3 Å². The first-order valence-corrected chi connectivity index (χ1v) is 15.0. The van der Waals surface area contributed by atoms with E-state index >= 15 is 0 Å². The van der Waals surface area contributed by atoms with Crippen LogP contribution in [0.5, 0.6) is 0 Å². The first-order valence-electron chi connectivity index (χ1n) is 15.0. The molecule has 0 aromatic rings. The predicted octanol–water partition coefficient (Wildman–Crippen LogP) is 8.65. The third-order valence-electron chi connectivity index (χ3n) is 5.49. The molecule has 40 heavy (non-hydrogen) atoms. The minimum absolute atomic E-state index is 0.0934. The lowest BCUT2D eigenvalue weighted by atomic mass is 10.0. The molecule has 0 bridgehead atoms. The van der Waals surface area contributed by atoms with E-state index in [0.717, 1.165) is 37.7 Å². The third-order valence-corrected chi connectivity index (χ3v) is 5.49. The van der Waals surface area contributed by atoms with Crippen molar-refractivity contribution in [2.45, 2.75) is 132 Å². The van der Waals surface area contributed by atoms with Gasteiger partial charge in [0.1, 0.15) is 12.3 Å². The van der Waals surface area contributed by atoms with Crippen LogP contribution in [0.3, 0.4) is 0 Å². The van der Waals surface area contributed by atoms with E-state index < -0.39 is 17.6 Å². The second-order valence-electron chi connectivity index (χ2n) is 9.24. The molecule has 8 heteroatoms. The number of carbonyl (C=O) groups is 1. The average molecular weight is 567 g/mol. The molecule has 0 fully saturated rings. The van der Waals surface area contributed by atoms with Crippen molar-refractivity contribution in [2.24, 2.45) is 15.7 Å². The third kappa shape index (κ3) is 23.2. The fraction of sp³-hybridized carbons (Fsp3) is 0.719. The summed E-state index contributed by atoms with van der Waals surface area (Å²) in [6.45, 7) is 16.7. The maximum Gasteiger partial charge on any atom is 0.407 e. The predicted molar refractivity (Wildman–Crippen MR) is 170 cm³/mol. The summed E-state index contributed by atoms with van der Waals surface area (Å²) in [4.78, 5) is 19.5. The van der Waals surface area contributed by atoms with Crippen LogP contribution in [-0.4, -0.2) is 44.0 Å². The van der Waals surface area contributed by atoms with E-state index in [1.807, 2.05) is 48.5 Å². The van der Waals surface area contributed by atoms with Crippen LogP contribution in [0.15, 0.2) is 33.3 Å². The molecule has 0 saturated heterocycles. The summed E-state index contributed by atoms with van der Waals surface area (Å²) < 4.78 is 23.8. The number of halogens is 1. The number of terminal acetylenes is 1. The van der Waals surface area contributed by atoms with E-state index in [2.05, 4.69) is 28.1 Å². The van der Waals surface area contributed by atoms with Crippen LogP contribution in [0.2, 0.25) is 0 Å². The molecule has 0 aromatic carbocycles. The molecule has 1 amide bonds. The Balaban J connectivity index is -0.000000657. The number of unbranched alkanes of at least 4 members (excludes halogenated alkanes) is 6. The minimum atomic E-state index is -0.799. The second kappa shape index (κ2) is 29.3. The highest BCUT2D eigenvalue weighted by molar-refractivity contribution is 5.98. The topological polar surface area (TPSA) is 98.3 Å². The molecule has 0 aromatic heterocycles. The number of amides is 1. The molecule has 0 saturated carbocycles. The summed E-state index contributed by atoms with van der Waals surface area (Å²) in [5.41, 5.74) is 6.39. The zero-order valence-corrected chi connectivity index (χ0v) is 27.0. The Bertz CT molecular complexity index is 796. The summed E-state index contributed by atoms with van der Waals surface area (Å²) in [7, 11) is 1.55. The maximum absolute atomic E-state index is 13.3. The van der Waals surface area contributed by atoms with Crippen LogP contribution in [-0.2, 0) is 9.47 Å². The number of allylic oxidation sites excluding steroid dienone is 2. The van der Waals surface area contributed by atoms with Gasteiger partial charge in [0.05, 0.1) is 0 Å². The van der Waals surface area contributed by atoms with Crippen molar-refractivity contribution >= 4 is 18.1 Å². The van der Waals surface area contributed by atoms with Gasteiger partial charge in [-0.1, -0.05) is 92.4 Å². The largest absolute Gasteiger partial charge is 0.445 e. The van der Waals surface area contributed by atoms with Crippen molar-refractivity contribution in [3.8, 4) is 12.3 Å². The Kier molecular flexibility index (Phi) is 30.7. The monoisotopic (exact) mass is 566 g/mol. The Morgan fingerprint density at radius 1 is 1.05 bits per heavy atom. The normalized spacial score (nSPS) is 12.7. The Morgan fingerprint density at radius 2 is 1.68 bits per heavy atom. The van der Waals surface area contributed by atoms with Crippen molar-refractivity contribution in [1.29, 1.82) is 0 Å². The van der Waals surface area contributed by atoms with Gasteiger partial charge in [-0.05, 0) is 51.2 Å². The standard InChI is InChI=1S/C17H31NO3.C13H22FN3.C2H6/c1-5-8-9-10-11-12-14-18-16(19)21-15-17(7-3,20-4)13-6-2;1-5-7-8-11(14)17-13(15)12(10(3)4)16-9-6-2;1-2/h3H,5-6,8-15H2,1-2,4H3,(H,18,19);8-9H,5-7H2,1-4H3,(H2,15,17);1-2H3/b;11-8+,16-9?;. The summed E-state index contributed by atoms with van der Waals surface area (Å²) in [5, 5.41) is 2.75. The van der Waals surface area contributed by atoms with Gasteiger partial charge >= 0.3 is 6.09 Å². The van der Waals surface area contributed by atoms with Crippen molar-refractivity contribution in [3.63, 3.8) is 0 Å². The van der Waals surface area contributed by atoms with Crippen LogP contribution >= 0.6 is 0 Å². The quantitative estimate of drug-likeness (QED) is 0.0570. The lowest BCUT2D eigenvalue weighted by molar-refractivity contribution is -0.0193. The number of nitrogens with one attached hydrogen (secondary N) is 1. The van der Waals surface area contributed by atoms with Crippen LogP contribution < -0.4 is 11.1 Å². The van der Waals surface area contributed by atoms with E-state index in [-0.39, 0.29) is 12.4 Å². The average Bonchev–Trinajstić information content (AvgIpc) is 2.95. The van der Waals surface area contributed by atoms with Gasteiger partial charge < -0.3 is 20.5 Å². The van der Waals surface area contributed by atoms with Gasteiger partial charge in [0.2, 0.25) is 5.95 Å². The number of alkyl carbamates (subject to hydrolysis) is 1. The minimum Gasteiger partial charge on any atom is -0.445 e. The molecule has 0 aliphatic rings. The first kappa shape index (κ1) is 41.8. The Labute approximate surface area is 245 Å². The van der Waals surface area contributed by atoms with Crippen molar-refractivity contribution in [2.75, 3.05) is 20.3 Å². The SMILES string of the molecule is C#CC(CCC)(COC(=O)NCCCCCCCC)OC.CC.CCC=NC(=C(C)C)/C(N)=N\C(F)=C\CCC. The van der Waals surface area contributed by atoms with Crippen molar-refractivity contribution in [3.05, 3.63) is 23.3 Å². The van der Waals surface area contributed by atoms with Gasteiger partial charge in [0.25, 0.3) is 0 Å². The fourth-order valence-electron chi connectivity index (χ4n) is 3.25. The molecule has 0 spiro atoms. The number of amidine groups is 1. The summed E-state index contributed by atoms with van der Waals surface area (Å²) in [6.07, 6.45) is 19.3. The number of nitrogens with zero attached hydrogens (tertiary/aromatic N) is 2. The number of aliphatic imine (C=N–C) groups is 2. The van der Waals surface area contributed by atoms with Gasteiger partial charge in [0.15, 0.2) is 11.4 Å². The number of carbonyl (C=O) groups excluding carboxylic acids is 1. The molecule has 1 atom stereocenters. The molecule has 0 heterocycles. The van der Waals surface area contributed by atoms with E-state index in [1.165, 1.54) is 31.8 Å². The van der Waals surface area contributed by atoms with Gasteiger partial charge in [0, 0.05) is 19.9 Å². The zero-order valence-electron chi connectivity index (χ0n) is 27.0. The van der Waals surface area contributed by atoms with Crippen LogP contribution in [0.25, 0.3) is 0 Å². The highest BCUT2D eigenvalue weighted by Gasteiger charge is 2.28. The van der Waals surface area contributed by atoms with E-state index in [9.17, 15) is 9.18 Å². The lowest BCUT2D eigenvalue weighted by Gasteiger charge is -2.25. The highest BCUT2D eigenvalue weighted by Crippen LogP contribution is 2.17. The maximum atomic E-state index is 13.3. The van der Waals surface area contributed by atoms with E-state index in [4.69, 9.17) is 21.6 Å². The summed E-state index contributed by atoms with van der Waals surface area (Å²) in [6, 6.07) is 0. The zero-order chi connectivity index (χ0) is 31.2. The molecule has 0 radical (unpaired) electrons. The van der Waals surface area contributed by atoms with E-state index in [1.54, 1.807) is 13.3 Å². The first-order chi connectivity index (χ1) is 19.2. The van der Waals surface area contributed by atoms with Crippen LogP contribution in [0.1, 0.15) is 126 Å². The number of methoxy groups -OCH3 is 1. The molecular weight excluding hydrogens is 507 g/mol. The smallest absolute Gasteiger partial charge is 0.407 e. The molecule has 0 aliphatic heterocycles. The Morgan fingerprint density at radius 3 is 2.17 bits per heavy atom. The molecule has 3 N–H and O–H groups in total. The fourth-order valence-corrected chi connectivity index (χ4v) is 3.25. The van der Waals surface area contributed by atoms with Gasteiger partial charge in [-0.2, -0.15) is 4.39 Å². The lowest BCUT2D eigenvalue weighted by Crippen LogP contribution is -2.38. The molecule has 1 unspecified atom stereocenters.